The lowest BCUT2D eigenvalue weighted by atomic mass is 10.1. The Morgan fingerprint density at radius 2 is 1.94 bits per heavy atom. The standard InChI is InChI=1S/C13H20ClN3.HI/c1-10(2)17-13(15)16-9-3-4-11-5-7-12(14)8-6-11;/h5-8,10H,3-4,9H2,1-2H3,(H3,15,16,17);1H. The molecule has 102 valence electrons. The largest absolute Gasteiger partial charge is 0.370 e. The Morgan fingerprint density at radius 1 is 1.33 bits per heavy atom. The molecule has 0 amide bonds. The van der Waals surface area contributed by atoms with Crippen LogP contribution in [0.4, 0.5) is 0 Å². The van der Waals surface area contributed by atoms with Gasteiger partial charge in [-0.25, -0.2) is 0 Å². The molecule has 0 aliphatic rings. The van der Waals surface area contributed by atoms with Crippen LogP contribution in [-0.4, -0.2) is 18.5 Å². The summed E-state index contributed by atoms with van der Waals surface area (Å²) in [5.74, 6) is 0.524. The van der Waals surface area contributed by atoms with E-state index in [1.165, 1.54) is 5.56 Å². The molecule has 0 fully saturated rings. The van der Waals surface area contributed by atoms with Gasteiger partial charge in [0.25, 0.3) is 0 Å². The molecular weight excluding hydrogens is 361 g/mol. The van der Waals surface area contributed by atoms with Gasteiger partial charge in [0, 0.05) is 17.6 Å². The maximum Gasteiger partial charge on any atom is 0.188 e. The first kappa shape index (κ1) is 17.5. The number of aliphatic imine (C=N–C) groups is 1. The summed E-state index contributed by atoms with van der Waals surface area (Å²) in [7, 11) is 0. The zero-order valence-electron chi connectivity index (χ0n) is 10.8. The van der Waals surface area contributed by atoms with Crippen molar-refractivity contribution in [3.63, 3.8) is 0 Å². The molecule has 0 saturated heterocycles. The lowest BCUT2D eigenvalue weighted by molar-refractivity contribution is 0.719. The van der Waals surface area contributed by atoms with Crippen molar-refractivity contribution in [3.05, 3.63) is 34.9 Å². The fourth-order valence-corrected chi connectivity index (χ4v) is 1.60. The molecule has 1 aromatic carbocycles. The first-order valence-corrected chi connectivity index (χ1v) is 6.26. The topological polar surface area (TPSA) is 50.4 Å². The highest BCUT2D eigenvalue weighted by Crippen LogP contribution is 2.10. The van der Waals surface area contributed by atoms with Crippen molar-refractivity contribution in [2.45, 2.75) is 32.7 Å². The summed E-state index contributed by atoms with van der Waals surface area (Å²) < 4.78 is 0. The molecule has 0 aliphatic carbocycles. The van der Waals surface area contributed by atoms with Gasteiger partial charge in [0.15, 0.2) is 5.96 Å². The van der Waals surface area contributed by atoms with E-state index in [0.29, 0.717) is 12.0 Å². The minimum absolute atomic E-state index is 0. The van der Waals surface area contributed by atoms with Crippen molar-refractivity contribution >= 4 is 41.5 Å². The SMILES string of the molecule is CC(C)NC(N)=NCCCc1ccc(Cl)cc1.I. The molecule has 0 unspecified atom stereocenters. The predicted octanol–water partition coefficient (Wildman–Crippen LogP) is 3.20. The molecule has 3 nitrogen and oxygen atoms in total. The van der Waals surface area contributed by atoms with Crippen molar-refractivity contribution in [1.29, 1.82) is 0 Å². The van der Waals surface area contributed by atoms with E-state index in [9.17, 15) is 0 Å². The van der Waals surface area contributed by atoms with Crippen molar-refractivity contribution in [2.75, 3.05) is 6.54 Å². The highest BCUT2D eigenvalue weighted by molar-refractivity contribution is 14.0. The first-order valence-electron chi connectivity index (χ1n) is 5.89. The van der Waals surface area contributed by atoms with Crippen LogP contribution in [0.5, 0.6) is 0 Å². The minimum Gasteiger partial charge on any atom is -0.370 e. The molecule has 1 rings (SSSR count). The second-order valence-electron chi connectivity index (χ2n) is 4.30. The molecule has 0 aromatic heterocycles. The fraction of sp³-hybridized carbons (Fsp3) is 0.462. The molecule has 5 heteroatoms. The average molecular weight is 382 g/mol. The van der Waals surface area contributed by atoms with E-state index in [1.807, 2.05) is 38.1 Å². The summed E-state index contributed by atoms with van der Waals surface area (Å²) >= 11 is 5.82. The Morgan fingerprint density at radius 3 is 2.50 bits per heavy atom. The van der Waals surface area contributed by atoms with Gasteiger partial charge in [0.05, 0.1) is 0 Å². The third-order valence-corrected chi connectivity index (χ3v) is 2.51. The summed E-state index contributed by atoms with van der Waals surface area (Å²) in [5.41, 5.74) is 6.97. The van der Waals surface area contributed by atoms with Gasteiger partial charge in [0.1, 0.15) is 0 Å². The number of nitrogens with zero attached hydrogens (tertiary/aromatic N) is 1. The monoisotopic (exact) mass is 381 g/mol. The number of hydrogen-bond donors (Lipinski definition) is 2. The Labute approximate surface area is 131 Å². The van der Waals surface area contributed by atoms with Gasteiger partial charge in [-0.15, -0.1) is 24.0 Å². The summed E-state index contributed by atoms with van der Waals surface area (Å²) in [6, 6.07) is 8.24. The Kier molecular flexibility index (Phi) is 9.18. The van der Waals surface area contributed by atoms with E-state index in [1.54, 1.807) is 0 Å². The second kappa shape index (κ2) is 9.44. The smallest absolute Gasteiger partial charge is 0.188 e. The van der Waals surface area contributed by atoms with Crippen LogP contribution < -0.4 is 11.1 Å². The van der Waals surface area contributed by atoms with Crippen LogP contribution in [0, 0.1) is 0 Å². The average Bonchev–Trinajstić information content (AvgIpc) is 2.26. The number of nitrogens with two attached hydrogens (primary N) is 1. The number of rotatable bonds is 5. The van der Waals surface area contributed by atoms with E-state index in [4.69, 9.17) is 17.3 Å². The number of nitrogens with one attached hydrogen (secondary N) is 1. The molecule has 0 radical (unpaired) electrons. The lowest BCUT2D eigenvalue weighted by Gasteiger charge is -2.08. The molecule has 18 heavy (non-hydrogen) atoms. The van der Waals surface area contributed by atoms with Crippen LogP contribution in [0.15, 0.2) is 29.3 Å². The quantitative estimate of drug-likeness (QED) is 0.356. The van der Waals surface area contributed by atoms with Crippen molar-refractivity contribution in [3.8, 4) is 0 Å². The molecule has 0 spiro atoms. The van der Waals surface area contributed by atoms with E-state index < -0.39 is 0 Å². The van der Waals surface area contributed by atoms with Gasteiger partial charge >= 0.3 is 0 Å². The molecule has 1 aromatic rings. The number of halogens is 2. The minimum atomic E-state index is 0. The van der Waals surface area contributed by atoms with Crippen molar-refractivity contribution in [2.24, 2.45) is 10.7 Å². The maximum absolute atomic E-state index is 5.82. The van der Waals surface area contributed by atoms with Crippen LogP contribution in [0.25, 0.3) is 0 Å². The van der Waals surface area contributed by atoms with E-state index in [2.05, 4.69) is 10.3 Å². The van der Waals surface area contributed by atoms with Crippen molar-refractivity contribution < 1.29 is 0 Å². The van der Waals surface area contributed by atoms with E-state index >= 15 is 0 Å². The zero-order valence-corrected chi connectivity index (χ0v) is 13.9. The fourth-order valence-electron chi connectivity index (χ4n) is 1.48. The number of hydrogen-bond acceptors (Lipinski definition) is 1. The highest BCUT2D eigenvalue weighted by Gasteiger charge is 1.96. The summed E-state index contributed by atoms with van der Waals surface area (Å²) in [5, 5.41) is 3.83. The Balaban J connectivity index is 0.00000289. The van der Waals surface area contributed by atoms with Crippen LogP contribution in [0.3, 0.4) is 0 Å². The van der Waals surface area contributed by atoms with Gasteiger partial charge in [-0.1, -0.05) is 23.7 Å². The van der Waals surface area contributed by atoms with Gasteiger partial charge in [0.2, 0.25) is 0 Å². The van der Waals surface area contributed by atoms with Gasteiger partial charge in [-0.05, 0) is 44.4 Å². The van der Waals surface area contributed by atoms with E-state index in [0.717, 1.165) is 24.4 Å². The number of aryl methyl sites for hydroxylation is 1. The molecule has 0 bridgehead atoms. The molecule has 0 saturated carbocycles. The van der Waals surface area contributed by atoms with E-state index in [-0.39, 0.29) is 24.0 Å². The highest BCUT2D eigenvalue weighted by atomic mass is 127. The van der Waals surface area contributed by atoms with Crippen LogP contribution in [0.2, 0.25) is 5.02 Å². The lowest BCUT2D eigenvalue weighted by Crippen LogP contribution is -2.36. The normalized spacial score (nSPS) is 11.2. The van der Waals surface area contributed by atoms with Crippen LogP contribution in [-0.2, 0) is 6.42 Å². The van der Waals surface area contributed by atoms with Crippen LogP contribution >= 0.6 is 35.6 Å². The zero-order chi connectivity index (χ0) is 12.7. The van der Waals surface area contributed by atoms with Gasteiger partial charge in [-0.3, -0.25) is 4.99 Å². The molecule has 0 atom stereocenters. The Bertz CT molecular complexity index is 363. The predicted molar refractivity (Wildman–Crippen MR) is 89.9 cm³/mol. The summed E-state index contributed by atoms with van der Waals surface area (Å²) in [6.07, 6.45) is 1.98. The van der Waals surface area contributed by atoms with Crippen molar-refractivity contribution in [1.82, 2.24) is 5.32 Å². The number of guanidine groups is 1. The molecule has 3 N–H and O–H groups in total. The second-order valence-corrected chi connectivity index (χ2v) is 4.73. The molecular formula is C13H21ClIN3. The maximum atomic E-state index is 5.82. The molecule has 0 heterocycles. The molecule has 0 aliphatic heterocycles. The first-order chi connectivity index (χ1) is 8.08. The van der Waals surface area contributed by atoms with Gasteiger partial charge < -0.3 is 11.1 Å². The summed E-state index contributed by atoms with van der Waals surface area (Å²) in [6.45, 7) is 4.82. The number of benzene rings is 1. The van der Waals surface area contributed by atoms with Gasteiger partial charge in [-0.2, -0.15) is 0 Å². The summed E-state index contributed by atoms with van der Waals surface area (Å²) in [4.78, 5) is 4.25. The Hall–Kier alpha value is -0.490. The third kappa shape index (κ3) is 7.76. The van der Waals surface area contributed by atoms with Crippen LogP contribution in [0.1, 0.15) is 25.8 Å². The third-order valence-electron chi connectivity index (χ3n) is 2.26.